The van der Waals surface area contributed by atoms with Gasteiger partial charge < -0.3 is 9.47 Å². The van der Waals surface area contributed by atoms with Crippen LogP contribution in [0.4, 0.5) is 0 Å². The fourth-order valence-electron chi connectivity index (χ4n) is 2.80. The van der Waals surface area contributed by atoms with Crippen LogP contribution in [0.5, 0.6) is 0 Å². The lowest BCUT2D eigenvalue weighted by Crippen LogP contribution is -2.46. The van der Waals surface area contributed by atoms with E-state index in [2.05, 4.69) is 9.97 Å². The maximum absolute atomic E-state index is 6.41. The number of aromatic nitrogens is 2. The zero-order valence-corrected chi connectivity index (χ0v) is 13.8. The minimum Gasteiger partial charge on any atom is -0.339 e. The minimum atomic E-state index is -1.12. The molecule has 0 spiro atoms. The van der Waals surface area contributed by atoms with E-state index in [-0.39, 0.29) is 12.2 Å². The molecule has 2 heterocycles. The quantitative estimate of drug-likeness (QED) is 0.823. The number of halogens is 2. The van der Waals surface area contributed by atoms with Gasteiger partial charge in [-0.15, -0.1) is 0 Å². The summed E-state index contributed by atoms with van der Waals surface area (Å²) in [4.78, 5) is 8.17. The van der Waals surface area contributed by atoms with Gasteiger partial charge in [-0.1, -0.05) is 29.3 Å². The van der Waals surface area contributed by atoms with Crippen molar-refractivity contribution in [2.45, 2.75) is 38.3 Å². The highest BCUT2D eigenvalue weighted by Gasteiger charge is 2.45. The van der Waals surface area contributed by atoms with E-state index in [1.165, 1.54) is 6.33 Å². The van der Waals surface area contributed by atoms with Crippen molar-refractivity contribution < 1.29 is 9.47 Å². The molecule has 3 rings (SSSR count). The van der Waals surface area contributed by atoms with Gasteiger partial charge in [0.05, 0.1) is 22.8 Å². The summed E-state index contributed by atoms with van der Waals surface area (Å²) in [6, 6.07) is 5.27. The van der Waals surface area contributed by atoms with Crippen molar-refractivity contribution in [3.05, 3.63) is 58.1 Å². The zero-order chi connectivity index (χ0) is 15.7. The van der Waals surface area contributed by atoms with Gasteiger partial charge in [0.1, 0.15) is 6.33 Å². The fourth-order valence-corrected chi connectivity index (χ4v) is 3.33. The number of hydrogen-bond donors (Lipinski definition) is 0. The molecule has 0 bridgehead atoms. The van der Waals surface area contributed by atoms with E-state index < -0.39 is 5.79 Å². The lowest BCUT2D eigenvalue weighted by Gasteiger charge is -2.43. The summed E-state index contributed by atoms with van der Waals surface area (Å²) in [7, 11) is 0. The first-order chi connectivity index (χ1) is 10.5. The molecule has 1 aromatic heterocycles. The van der Waals surface area contributed by atoms with Crippen molar-refractivity contribution in [2.24, 2.45) is 0 Å². The summed E-state index contributed by atoms with van der Waals surface area (Å²) in [5, 5.41) is 1.04. The molecule has 0 N–H and O–H groups in total. The van der Waals surface area contributed by atoms with Crippen molar-refractivity contribution in [1.82, 2.24) is 9.97 Å². The average Bonchev–Trinajstić information content (AvgIpc) is 2.47. The smallest absolute Gasteiger partial charge is 0.227 e. The second-order valence-corrected chi connectivity index (χ2v) is 6.30. The summed E-state index contributed by atoms with van der Waals surface area (Å²) < 4.78 is 12.4. The third-order valence-corrected chi connectivity index (χ3v) is 4.17. The van der Waals surface area contributed by atoms with Gasteiger partial charge in [0.15, 0.2) is 0 Å². The Labute approximate surface area is 139 Å². The highest BCUT2D eigenvalue weighted by atomic mass is 35.5. The number of hydrogen-bond acceptors (Lipinski definition) is 4. The van der Waals surface area contributed by atoms with Gasteiger partial charge in [-0.2, -0.15) is 0 Å². The Hall–Kier alpha value is -1.20. The largest absolute Gasteiger partial charge is 0.339 e. The third-order valence-electron chi connectivity index (χ3n) is 3.62. The standard InChI is InChI=1S/C16H16Cl2N2O2/c1-10-5-11(2)22-16(21-10,12-7-19-9-20-8-12)14-4-3-13(17)6-15(14)18/h3-4,6-11H,5H2,1-2H3. The Morgan fingerprint density at radius 3 is 2.32 bits per heavy atom. The maximum Gasteiger partial charge on any atom is 0.227 e. The lowest BCUT2D eigenvalue weighted by atomic mass is 9.96. The molecule has 2 atom stereocenters. The van der Waals surface area contributed by atoms with Crippen LogP contribution < -0.4 is 0 Å². The first kappa shape index (κ1) is 15.7. The van der Waals surface area contributed by atoms with Gasteiger partial charge in [-0.25, -0.2) is 9.97 Å². The van der Waals surface area contributed by atoms with E-state index in [1.54, 1.807) is 24.5 Å². The van der Waals surface area contributed by atoms with Gasteiger partial charge in [0.25, 0.3) is 0 Å². The van der Waals surface area contributed by atoms with Crippen molar-refractivity contribution in [3.63, 3.8) is 0 Å². The molecule has 0 aliphatic carbocycles. The van der Waals surface area contributed by atoms with Crippen LogP contribution in [0.15, 0.2) is 36.9 Å². The average molecular weight is 339 g/mol. The SMILES string of the molecule is CC1CC(C)OC(c2cncnc2)(c2ccc(Cl)cc2Cl)O1. The van der Waals surface area contributed by atoms with Crippen molar-refractivity contribution in [2.75, 3.05) is 0 Å². The van der Waals surface area contributed by atoms with Crippen LogP contribution in [0.25, 0.3) is 0 Å². The van der Waals surface area contributed by atoms with Crippen LogP contribution in [0.3, 0.4) is 0 Å². The summed E-state index contributed by atoms with van der Waals surface area (Å²) in [5.74, 6) is -1.12. The fraction of sp³-hybridized carbons (Fsp3) is 0.375. The normalized spacial score (nSPS) is 28.5. The molecule has 0 amide bonds. The predicted molar refractivity (Wildman–Crippen MR) is 85.0 cm³/mol. The van der Waals surface area contributed by atoms with Gasteiger partial charge in [0, 0.05) is 23.0 Å². The van der Waals surface area contributed by atoms with E-state index in [1.807, 2.05) is 19.9 Å². The summed E-state index contributed by atoms with van der Waals surface area (Å²) in [5.41, 5.74) is 1.41. The van der Waals surface area contributed by atoms with Gasteiger partial charge in [-0.3, -0.25) is 0 Å². The van der Waals surface area contributed by atoms with E-state index >= 15 is 0 Å². The van der Waals surface area contributed by atoms with Crippen molar-refractivity contribution >= 4 is 23.2 Å². The Balaban J connectivity index is 2.19. The topological polar surface area (TPSA) is 44.2 Å². The Bertz CT molecular complexity index is 656. The monoisotopic (exact) mass is 338 g/mol. The molecule has 1 aromatic carbocycles. The Kier molecular flexibility index (Phi) is 4.37. The lowest BCUT2D eigenvalue weighted by molar-refractivity contribution is -0.297. The maximum atomic E-state index is 6.41. The third kappa shape index (κ3) is 2.84. The highest BCUT2D eigenvalue weighted by Crippen LogP contribution is 2.44. The molecule has 2 aromatic rings. The molecule has 116 valence electrons. The van der Waals surface area contributed by atoms with Gasteiger partial charge in [0.2, 0.25) is 5.79 Å². The molecule has 1 fully saturated rings. The summed E-state index contributed by atoms with van der Waals surface area (Å²) in [6.07, 6.45) is 5.66. The van der Waals surface area contributed by atoms with E-state index in [0.717, 1.165) is 6.42 Å². The van der Waals surface area contributed by atoms with E-state index in [0.29, 0.717) is 21.2 Å². The predicted octanol–water partition coefficient (Wildman–Crippen LogP) is 4.20. The molecule has 1 aliphatic rings. The molecule has 4 nitrogen and oxygen atoms in total. The molecule has 0 saturated carbocycles. The summed E-state index contributed by atoms with van der Waals surface area (Å²) >= 11 is 12.4. The van der Waals surface area contributed by atoms with Crippen LogP contribution in [0, 0.1) is 0 Å². The number of benzene rings is 1. The van der Waals surface area contributed by atoms with Crippen LogP contribution >= 0.6 is 23.2 Å². The van der Waals surface area contributed by atoms with Crippen LogP contribution in [0.2, 0.25) is 10.0 Å². The van der Waals surface area contributed by atoms with E-state index in [4.69, 9.17) is 32.7 Å². The zero-order valence-electron chi connectivity index (χ0n) is 12.3. The first-order valence-electron chi connectivity index (χ1n) is 7.08. The van der Waals surface area contributed by atoms with Crippen molar-refractivity contribution in [3.8, 4) is 0 Å². The highest BCUT2D eigenvalue weighted by molar-refractivity contribution is 6.35. The van der Waals surface area contributed by atoms with Crippen LogP contribution in [-0.4, -0.2) is 22.2 Å². The van der Waals surface area contributed by atoms with E-state index in [9.17, 15) is 0 Å². The molecule has 1 saturated heterocycles. The minimum absolute atomic E-state index is 0.00991. The summed E-state index contributed by atoms with van der Waals surface area (Å²) in [6.45, 7) is 4.03. The van der Waals surface area contributed by atoms with Crippen molar-refractivity contribution in [1.29, 1.82) is 0 Å². The van der Waals surface area contributed by atoms with Crippen LogP contribution in [0.1, 0.15) is 31.4 Å². The van der Waals surface area contributed by atoms with Gasteiger partial charge >= 0.3 is 0 Å². The Morgan fingerprint density at radius 2 is 1.73 bits per heavy atom. The molecule has 0 radical (unpaired) electrons. The molecular formula is C16H16Cl2N2O2. The number of nitrogens with zero attached hydrogens (tertiary/aromatic N) is 2. The molecular weight excluding hydrogens is 323 g/mol. The first-order valence-corrected chi connectivity index (χ1v) is 7.83. The molecule has 1 aliphatic heterocycles. The number of rotatable bonds is 2. The van der Waals surface area contributed by atoms with Gasteiger partial charge in [-0.05, 0) is 32.4 Å². The molecule has 2 unspecified atom stereocenters. The number of ether oxygens (including phenoxy) is 2. The second-order valence-electron chi connectivity index (χ2n) is 5.46. The second kappa shape index (κ2) is 6.13. The Morgan fingerprint density at radius 1 is 1.09 bits per heavy atom. The van der Waals surface area contributed by atoms with Crippen LogP contribution in [-0.2, 0) is 15.3 Å². The molecule has 22 heavy (non-hydrogen) atoms. The molecule has 6 heteroatoms.